The third kappa shape index (κ3) is 3.76. The molecule has 2 aromatic carbocycles. The lowest BCUT2D eigenvalue weighted by atomic mass is 9.98. The monoisotopic (exact) mass is 418 g/mol. The van der Waals surface area contributed by atoms with Crippen LogP contribution in [0.25, 0.3) is 5.69 Å². The number of ether oxygens (including phenoxy) is 1. The van der Waals surface area contributed by atoms with Crippen LogP contribution >= 0.6 is 0 Å². The Balaban J connectivity index is 1.42. The lowest BCUT2D eigenvalue weighted by Crippen LogP contribution is -2.20. The maximum Gasteiger partial charge on any atom is 0.246 e. The second kappa shape index (κ2) is 7.86. The molecule has 1 aliphatic rings. The summed E-state index contributed by atoms with van der Waals surface area (Å²) in [5.41, 5.74) is 3.72. The Morgan fingerprint density at radius 1 is 1.16 bits per heavy atom. The number of benzene rings is 2. The molecule has 5 rings (SSSR count). The fourth-order valence-corrected chi connectivity index (χ4v) is 4.05. The van der Waals surface area contributed by atoms with Crippen LogP contribution in [0.2, 0.25) is 0 Å². The Morgan fingerprint density at radius 3 is 2.74 bits per heavy atom. The lowest BCUT2D eigenvalue weighted by Gasteiger charge is -2.23. The van der Waals surface area contributed by atoms with Crippen molar-refractivity contribution in [1.29, 1.82) is 0 Å². The van der Waals surface area contributed by atoms with E-state index in [4.69, 9.17) is 9.84 Å². The smallest absolute Gasteiger partial charge is 0.246 e. The van der Waals surface area contributed by atoms with Crippen LogP contribution in [0.4, 0.5) is 16.0 Å². The van der Waals surface area contributed by atoms with Crippen molar-refractivity contribution in [3.8, 4) is 11.4 Å². The first-order valence-electron chi connectivity index (χ1n) is 10.3. The van der Waals surface area contributed by atoms with Gasteiger partial charge in [0.25, 0.3) is 0 Å². The molecule has 0 fully saturated rings. The van der Waals surface area contributed by atoms with E-state index in [9.17, 15) is 4.39 Å². The Hall–Kier alpha value is -3.68. The molecule has 2 aromatic heterocycles. The van der Waals surface area contributed by atoms with E-state index >= 15 is 0 Å². The van der Waals surface area contributed by atoms with Crippen LogP contribution in [-0.2, 0) is 6.42 Å². The third-order valence-corrected chi connectivity index (χ3v) is 5.56. The zero-order chi connectivity index (χ0) is 21.4. The number of hydrogen-bond acceptors (Lipinski definition) is 5. The standard InChI is InChI=1S/C23H23FN6O/c1-15-13-29(14-25-15)20-11-10-18(12-21(20)31-2)26-23-27-22-5-3-4-19(30(22)28-23)16-6-8-17(24)9-7-16/h6-14,19H,3-5H2,1-2H3,(H,26,28). The predicted molar refractivity (Wildman–Crippen MR) is 116 cm³/mol. The van der Waals surface area contributed by atoms with E-state index in [0.29, 0.717) is 5.95 Å². The van der Waals surface area contributed by atoms with Gasteiger partial charge in [-0.05, 0) is 49.6 Å². The second-order valence-corrected chi connectivity index (χ2v) is 7.69. The number of anilines is 2. The van der Waals surface area contributed by atoms with Crippen LogP contribution in [0.5, 0.6) is 5.75 Å². The highest BCUT2D eigenvalue weighted by Gasteiger charge is 2.24. The Morgan fingerprint density at radius 2 is 2.00 bits per heavy atom. The maximum absolute atomic E-state index is 13.3. The molecule has 3 heterocycles. The Kier molecular flexibility index (Phi) is 4.89. The summed E-state index contributed by atoms with van der Waals surface area (Å²) in [6, 6.07) is 12.6. The van der Waals surface area contributed by atoms with Crippen molar-refractivity contribution in [2.45, 2.75) is 32.2 Å². The van der Waals surface area contributed by atoms with Crippen molar-refractivity contribution in [3.63, 3.8) is 0 Å². The molecule has 4 aromatic rings. The molecular formula is C23H23FN6O. The van der Waals surface area contributed by atoms with E-state index in [0.717, 1.165) is 53.5 Å². The molecule has 1 N–H and O–H groups in total. The van der Waals surface area contributed by atoms with Crippen LogP contribution in [0.1, 0.15) is 36.0 Å². The molecule has 158 valence electrons. The lowest BCUT2D eigenvalue weighted by molar-refractivity contribution is 0.412. The summed E-state index contributed by atoms with van der Waals surface area (Å²) in [5.74, 6) is 1.96. The minimum atomic E-state index is -0.232. The van der Waals surface area contributed by atoms with Gasteiger partial charge in [-0.3, -0.25) is 0 Å². The average Bonchev–Trinajstić information content (AvgIpc) is 3.39. The van der Waals surface area contributed by atoms with Gasteiger partial charge in [-0.15, -0.1) is 5.10 Å². The number of rotatable bonds is 5. The highest BCUT2D eigenvalue weighted by molar-refractivity contribution is 5.62. The van der Waals surface area contributed by atoms with Crippen molar-refractivity contribution >= 4 is 11.6 Å². The SMILES string of the molecule is COc1cc(Nc2nc3n(n2)C(c2ccc(F)cc2)CCC3)ccc1-n1cnc(C)c1. The van der Waals surface area contributed by atoms with Gasteiger partial charge in [-0.2, -0.15) is 4.98 Å². The molecule has 0 aliphatic carbocycles. The summed E-state index contributed by atoms with van der Waals surface area (Å²) in [6.07, 6.45) is 6.56. The fraction of sp³-hybridized carbons (Fsp3) is 0.261. The first kappa shape index (κ1) is 19.3. The molecule has 0 amide bonds. The van der Waals surface area contributed by atoms with E-state index in [1.807, 2.05) is 52.7 Å². The highest BCUT2D eigenvalue weighted by atomic mass is 19.1. The predicted octanol–water partition coefficient (Wildman–Crippen LogP) is 4.59. The number of methoxy groups -OCH3 is 1. The minimum absolute atomic E-state index is 0.0637. The number of nitrogens with one attached hydrogen (secondary N) is 1. The quantitative estimate of drug-likeness (QED) is 0.513. The molecule has 1 unspecified atom stereocenters. The number of aryl methyl sites for hydroxylation is 2. The van der Waals surface area contributed by atoms with Crippen molar-refractivity contribution in [3.05, 3.63) is 77.9 Å². The van der Waals surface area contributed by atoms with Gasteiger partial charge in [0.05, 0.1) is 30.9 Å². The van der Waals surface area contributed by atoms with Crippen LogP contribution in [0, 0.1) is 12.7 Å². The fourth-order valence-electron chi connectivity index (χ4n) is 4.05. The molecular weight excluding hydrogens is 395 g/mol. The van der Waals surface area contributed by atoms with E-state index in [-0.39, 0.29) is 11.9 Å². The normalized spacial score (nSPS) is 15.5. The summed E-state index contributed by atoms with van der Waals surface area (Å²) in [5, 5.41) is 8.00. The number of imidazole rings is 1. The molecule has 0 saturated heterocycles. The summed E-state index contributed by atoms with van der Waals surface area (Å²) < 4.78 is 22.8. The third-order valence-electron chi connectivity index (χ3n) is 5.56. The zero-order valence-corrected chi connectivity index (χ0v) is 17.4. The number of hydrogen-bond donors (Lipinski definition) is 1. The highest BCUT2D eigenvalue weighted by Crippen LogP contribution is 2.32. The van der Waals surface area contributed by atoms with Gasteiger partial charge in [0.15, 0.2) is 0 Å². The van der Waals surface area contributed by atoms with Gasteiger partial charge >= 0.3 is 0 Å². The molecule has 7 nitrogen and oxygen atoms in total. The van der Waals surface area contributed by atoms with Crippen LogP contribution < -0.4 is 10.1 Å². The van der Waals surface area contributed by atoms with E-state index in [1.165, 1.54) is 12.1 Å². The first-order chi connectivity index (χ1) is 15.1. The molecule has 0 radical (unpaired) electrons. The van der Waals surface area contributed by atoms with Crippen molar-refractivity contribution in [2.24, 2.45) is 0 Å². The van der Waals surface area contributed by atoms with Gasteiger partial charge < -0.3 is 14.6 Å². The summed E-state index contributed by atoms with van der Waals surface area (Å²) in [4.78, 5) is 8.97. The van der Waals surface area contributed by atoms with Gasteiger partial charge in [0.2, 0.25) is 5.95 Å². The van der Waals surface area contributed by atoms with Crippen LogP contribution in [0.3, 0.4) is 0 Å². The van der Waals surface area contributed by atoms with Gasteiger partial charge in [-0.25, -0.2) is 14.1 Å². The summed E-state index contributed by atoms with van der Waals surface area (Å²) in [6.45, 7) is 1.95. The maximum atomic E-state index is 13.3. The Labute approximate surface area is 179 Å². The molecule has 0 saturated carbocycles. The molecule has 31 heavy (non-hydrogen) atoms. The molecule has 1 aliphatic heterocycles. The van der Waals surface area contributed by atoms with Gasteiger partial charge in [0, 0.05) is 24.4 Å². The van der Waals surface area contributed by atoms with Gasteiger partial charge in [0.1, 0.15) is 17.4 Å². The number of aromatic nitrogens is 5. The summed E-state index contributed by atoms with van der Waals surface area (Å²) >= 11 is 0. The molecule has 0 spiro atoms. The number of nitrogens with zero attached hydrogens (tertiary/aromatic N) is 5. The van der Waals surface area contributed by atoms with E-state index in [1.54, 1.807) is 13.4 Å². The van der Waals surface area contributed by atoms with Crippen LogP contribution in [-0.4, -0.2) is 31.4 Å². The zero-order valence-electron chi connectivity index (χ0n) is 17.4. The Bertz CT molecular complexity index is 1210. The van der Waals surface area contributed by atoms with Crippen molar-refractivity contribution < 1.29 is 9.13 Å². The summed E-state index contributed by atoms with van der Waals surface area (Å²) in [7, 11) is 1.65. The van der Waals surface area contributed by atoms with Crippen molar-refractivity contribution in [2.75, 3.05) is 12.4 Å². The largest absolute Gasteiger partial charge is 0.494 e. The topological polar surface area (TPSA) is 69.8 Å². The molecule has 8 heteroatoms. The van der Waals surface area contributed by atoms with E-state index in [2.05, 4.69) is 15.3 Å². The van der Waals surface area contributed by atoms with Gasteiger partial charge in [-0.1, -0.05) is 12.1 Å². The van der Waals surface area contributed by atoms with E-state index < -0.39 is 0 Å². The number of fused-ring (bicyclic) bond motifs is 1. The first-order valence-corrected chi connectivity index (χ1v) is 10.3. The average molecular weight is 418 g/mol. The molecule has 1 atom stereocenters. The minimum Gasteiger partial charge on any atom is -0.494 e. The second-order valence-electron chi connectivity index (χ2n) is 7.69. The molecule has 0 bridgehead atoms. The number of halogens is 1. The van der Waals surface area contributed by atoms with Crippen molar-refractivity contribution in [1.82, 2.24) is 24.3 Å². The van der Waals surface area contributed by atoms with Crippen LogP contribution in [0.15, 0.2) is 55.0 Å².